The van der Waals surface area contributed by atoms with Gasteiger partial charge >= 0.3 is 5.97 Å². The summed E-state index contributed by atoms with van der Waals surface area (Å²) in [5, 5.41) is 9.40. The third kappa shape index (κ3) is 2.81. The summed E-state index contributed by atoms with van der Waals surface area (Å²) in [5.74, 6) is 0.342. The molecule has 0 heterocycles. The van der Waals surface area contributed by atoms with E-state index in [4.69, 9.17) is 9.47 Å². The van der Waals surface area contributed by atoms with Crippen LogP contribution >= 0.6 is 0 Å². The molecule has 0 bridgehead atoms. The van der Waals surface area contributed by atoms with Gasteiger partial charge in [-0.15, -0.1) is 0 Å². The van der Waals surface area contributed by atoms with Gasteiger partial charge in [0.2, 0.25) is 0 Å². The molecule has 0 aromatic heterocycles. The van der Waals surface area contributed by atoms with Crippen molar-refractivity contribution in [2.45, 2.75) is 19.9 Å². The van der Waals surface area contributed by atoms with E-state index >= 15 is 0 Å². The third-order valence-corrected chi connectivity index (χ3v) is 3.29. The minimum Gasteiger partial charge on any atom is -0.496 e. The van der Waals surface area contributed by atoms with Gasteiger partial charge in [0, 0.05) is 5.56 Å². The fraction of sp³-hybridized carbons (Fsp3) is 0.500. The van der Waals surface area contributed by atoms with Crippen molar-refractivity contribution >= 4 is 5.97 Å². The maximum atomic E-state index is 11.5. The zero-order valence-corrected chi connectivity index (χ0v) is 12.3. The molecule has 1 atom stereocenters. The van der Waals surface area contributed by atoms with Crippen molar-refractivity contribution in [1.29, 1.82) is 0 Å². The van der Waals surface area contributed by atoms with Gasteiger partial charge in [0.15, 0.2) is 0 Å². The van der Waals surface area contributed by atoms with Crippen LogP contribution in [0.2, 0.25) is 0 Å². The highest BCUT2D eigenvalue weighted by atomic mass is 16.5. The van der Waals surface area contributed by atoms with E-state index in [0.29, 0.717) is 17.1 Å². The fourth-order valence-electron chi connectivity index (χ4n) is 2.20. The molecule has 0 fully saturated rings. The highest BCUT2D eigenvalue weighted by Gasteiger charge is 2.28. The van der Waals surface area contributed by atoms with Gasteiger partial charge in [-0.1, -0.05) is 0 Å². The molecule has 1 rings (SSSR count). The van der Waals surface area contributed by atoms with Crippen LogP contribution in [0.1, 0.15) is 22.7 Å². The first-order valence-electron chi connectivity index (χ1n) is 5.96. The van der Waals surface area contributed by atoms with Crippen molar-refractivity contribution < 1.29 is 19.4 Å². The van der Waals surface area contributed by atoms with Crippen LogP contribution in [0.4, 0.5) is 0 Å². The molecule has 0 spiro atoms. The minimum atomic E-state index is -0.923. The number of ether oxygens (including phenoxy) is 2. The van der Waals surface area contributed by atoms with Crippen LogP contribution in [0.5, 0.6) is 11.5 Å². The Hall–Kier alpha value is -1.75. The van der Waals surface area contributed by atoms with Gasteiger partial charge in [-0.2, -0.15) is 0 Å². The number of carbonyl (C=O) groups is 1. The number of likely N-dealkylation sites (N-methyl/N-ethyl adjacent to an activating group) is 1. The predicted octanol–water partition coefficient (Wildman–Crippen LogP) is 2.01. The first-order valence-corrected chi connectivity index (χ1v) is 5.96. The molecule has 0 saturated carbocycles. The number of methoxy groups -OCH3 is 2. The lowest BCUT2D eigenvalue weighted by Gasteiger charge is -2.25. The molecule has 19 heavy (non-hydrogen) atoms. The molecule has 0 saturated heterocycles. The number of aliphatic carboxylic acids is 1. The van der Waals surface area contributed by atoms with Crippen molar-refractivity contribution in [2.75, 3.05) is 28.3 Å². The minimum absolute atomic E-state index is 0.597. The van der Waals surface area contributed by atoms with Gasteiger partial charge in [0.1, 0.15) is 17.5 Å². The maximum absolute atomic E-state index is 11.5. The van der Waals surface area contributed by atoms with Gasteiger partial charge in [-0.25, -0.2) is 0 Å². The van der Waals surface area contributed by atoms with E-state index in [1.807, 2.05) is 13.8 Å². The highest BCUT2D eigenvalue weighted by molar-refractivity contribution is 5.77. The number of carboxylic acid groups (broad SMARTS) is 1. The summed E-state index contributed by atoms with van der Waals surface area (Å²) in [7, 11) is 6.57. The lowest BCUT2D eigenvalue weighted by molar-refractivity contribution is -0.142. The lowest BCUT2D eigenvalue weighted by atomic mass is 9.97. The van der Waals surface area contributed by atoms with E-state index in [9.17, 15) is 9.90 Å². The second kappa shape index (κ2) is 5.93. The maximum Gasteiger partial charge on any atom is 0.325 e. The molecular weight excluding hydrogens is 246 g/mol. The monoisotopic (exact) mass is 267 g/mol. The quantitative estimate of drug-likeness (QED) is 0.884. The third-order valence-electron chi connectivity index (χ3n) is 3.29. The molecule has 0 aliphatic heterocycles. The Kier molecular flexibility index (Phi) is 4.78. The van der Waals surface area contributed by atoms with Gasteiger partial charge in [-0.3, -0.25) is 9.69 Å². The summed E-state index contributed by atoms with van der Waals surface area (Å²) in [6.07, 6.45) is 0. The molecule has 106 valence electrons. The molecule has 5 heteroatoms. The summed E-state index contributed by atoms with van der Waals surface area (Å²) >= 11 is 0. The first-order chi connectivity index (χ1) is 8.84. The average Bonchev–Trinajstić information content (AvgIpc) is 2.33. The number of benzene rings is 1. The number of nitrogens with zero attached hydrogens (tertiary/aromatic N) is 1. The predicted molar refractivity (Wildman–Crippen MR) is 73.1 cm³/mol. The number of rotatable bonds is 5. The number of hydrogen-bond donors (Lipinski definition) is 1. The largest absolute Gasteiger partial charge is 0.496 e. The van der Waals surface area contributed by atoms with Crippen LogP contribution in [0.15, 0.2) is 6.07 Å². The molecule has 0 aliphatic rings. The second-order valence-corrected chi connectivity index (χ2v) is 4.66. The van der Waals surface area contributed by atoms with Crippen LogP contribution in [-0.4, -0.2) is 44.3 Å². The molecule has 1 aromatic carbocycles. The molecule has 5 nitrogen and oxygen atoms in total. The molecule has 1 N–H and O–H groups in total. The van der Waals surface area contributed by atoms with E-state index in [2.05, 4.69) is 0 Å². The Morgan fingerprint density at radius 2 is 1.79 bits per heavy atom. The Morgan fingerprint density at radius 3 is 2.16 bits per heavy atom. The summed E-state index contributed by atoms with van der Waals surface area (Å²) in [6, 6.07) is 0.961. The van der Waals surface area contributed by atoms with Crippen molar-refractivity contribution in [1.82, 2.24) is 4.90 Å². The lowest BCUT2D eigenvalue weighted by Crippen LogP contribution is -2.28. The summed E-state index contributed by atoms with van der Waals surface area (Å²) in [5.41, 5.74) is 2.44. The topological polar surface area (TPSA) is 59.0 Å². The van der Waals surface area contributed by atoms with Crippen LogP contribution in [-0.2, 0) is 4.79 Å². The van der Waals surface area contributed by atoms with Gasteiger partial charge in [0.25, 0.3) is 0 Å². The number of hydrogen-bond acceptors (Lipinski definition) is 4. The zero-order valence-electron chi connectivity index (χ0n) is 12.3. The van der Waals surface area contributed by atoms with Crippen LogP contribution in [0, 0.1) is 13.8 Å². The van der Waals surface area contributed by atoms with E-state index in [1.165, 1.54) is 0 Å². The van der Waals surface area contributed by atoms with Crippen LogP contribution in [0.25, 0.3) is 0 Å². The fourth-order valence-corrected chi connectivity index (χ4v) is 2.20. The van der Waals surface area contributed by atoms with E-state index in [-0.39, 0.29) is 0 Å². The Labute approximate surface area is 113 Å². The molecule has 1 unspecified atom stereocenters. The molecule has 1 aromatic rings. The zero-order chi connectivity index (χ0) is 14.7. The van der Waals surface area contributed by atoms with Crippen LogP contribution in [0.3, 0.4) is 0 Å². The number of carboxylic acids is 1. The Morgan fingerprint density at radius 1 is 1.21 bits per heavy atom. The summed E-state index contributed by atoms with van der Waals surface area (Å²) in [6.45, 7) is 3.82. The second-order valence-electron chi connectivity index (χ2n) is 4.66. The van der Waals surface area contributed by atoms with Gasteiger partial charge in [0.05, 0.1) is 14.2 Å². The standard InChI is InChI=1S/C14H21NO4/c1-8-9(2)13(19-6)10(7-11(8)18-5)12(14(16)17)15(3)4/h7,12H,1-6H3,(H,16,17). The van der Waals surface area contributed by atoms with Crippen molar-refractivity contribution in [2.24, 2.45) is 0 Å². The van der Waals surface area contributed by atoms with E-state index < -0.39 is 12.0 Å². The Bertz CT molecular complexity index is 483. The molecule has 0 aliphatic carbocycles. The average molecular weight is 267 g/mol. The molecule has 0 radical (unpaired) electrons. The van der Waals surface area contributed by atoms with Crippen molar-refractivity contribution in [3.8, 4) is 11.5 Å². The first kappa shape index (κ1) is 15.3. The molecule has 0 amide bonds. The normalized spacial score (nSPS) is 12.4. The smallest absolute Gasteiger partial charge is 0.325 e. The van der Waals surface area contributed by atoms with Crippen molar-refractivity contribution in [3.63, 3.8) is 0 Å². The van der Waals surface area contributed by atoms with Crippen molar-refractivity contribution in [3.05, 3.63) is 22.8 Å². The highest BCUT2D eigenvalue weighted by Crippen LogP contribution is 2.38. The Balaban J connectivity index is 3.56. The van der Waals surface area contributed by atoms with Crippen LogP contribution < -0.4 is 9.47 Å². The van der Waals surface area contributed by atoms with Gasteiger partial charge < -0.3 is 14.6 Å². The summed E-state index contributed by atoms with van der Waals surface area (Å²) in [4.78, 5) is 13.1. The SMILES string of the molecule is COc1cc(C(C(=O)O)N(C)C)c(OC)c(C)c1C. The van der Waals surface area contributed by atoms with E-state index in [0.717, 1.165) is 11.1 Å². The van der Waals surface area contributed by atoms with E-state index in [1.54, 1.807) is 39.3 Å². The molecular formula is C14H21NO4. The summed E-state index contributed by atoms with van der Waals surface area (Å²) < 4.78 is 10.7. The van der Waals surface area contributed by atoms with Gasteiger partial charge in [-0.05, 0) is 45.1 Å².